The van der Waals surface area contributed by atoms with Gasteiger partial charge in [-0.05, 0) is 93.1 Å². The predicted molar refractivity (Wildman–Crippen MR) is 194 cm³/mol. The summed E-state index contributed by atoms with van der Waals surface area (Å²) < 4.78 is 31.0. The number of rotatable bonds is 7. The van der Waals surface area contributed by atoms with Gasteiger partial charge in [0.25, 0.3) is 0 Å². The highest BCUT2D eigenvalue weighted by molar-refractivity contribution is 5.89. The van der Waals surface area contributed by atoms with Crippen molar-refractivity contribution >= 4 is 17.9 Å². The van der Waals surface area contributed by atoms with Crippen LogP contribution < -0.4 is 0 Å². The summed E-state index contributed by atoms with van der Waals surface area (Å²) in [6.07, 6.45) is -6.15. The molecule has 0 aromatic heterocycles. The lowest BCUT2D eigenvalue weighted by Crippen LogP contribution is -2.60. The van der Waals surface area contributed by atoms with Gasteiger partial charge in [0.1, 0.15) is 23.9 Å². The molecule has 0 unspecified atom stereocenters. The van der Waals surface area contributed by atoms with E-state index in [4.69, 9.17) is 23.7 Å². The molecule has 2 fully saturated rings. The van der Waals surface area contributed by atoms with E-state index in [1.807, 2.05) is 44.8 Å². The number of likely N-dealkylation sites (N-methyl/N-ethyl adjacent to an activating group) is 2. The highest BCUT2D eigenvalue weighted by atomic mass is 16.7. The van der Waals surface area contributed by atoms with E-state index in [9.17, 15) is 29.7 Å². The Labute approximate surface area is 309 Å². The first kappa shape index (κ1) is 43.8. The van der Waals surface area contributed by atoms with Crippen molar-refractivity contribution in [2.75, 3.05) is 27.7 Å². The predicted octanol–water partition coefficient (Wildman–Crippen LogP) is 3.41. The fraction of sp³-hybridized carbons (Fsp3) is 0.769. The summed E-state index contributed by atoms with van der Waals surface area (Å²) in [7, 11) is 5.58. The van der Waals surface area contributed by atoms with E-state index in [2.05, 4.69) is 0 Å². The van der Waals surface area contributed by atoms with Crippen LogP contribution >= 0.6 is 0 Å². The standard InChI is InChI=1S/C39H64N2O11/c1-13-30-39(9,47)33(43)26(6)41(12)21-22(2)20-38(8,46)34(24(4)31(49-27(7)42)25(5)35(44)50-30)52-37-32(29(40(10)11)19-23(3)48-37)51-36(45)28-17-15-14-16-18-28/h14-18,22-26,29-34,37,43,46-47H,13,19-21H2,1-12H3/t22-,23-,24+,25-,26-,29+,30-,31+,32-,33-,34-,37+,38-,39-/m1/s1. The third-order valence-electron chi connectivity index (χ3n) is 11.0. The maximum atomic E-state index is 13.9. The van der Waals surface area contributed by atoms with Gasteiger partial charge in [-0.3, -0.25) is 9.59 Å². The number of ether oxygens (including phenoxy) is 5. The normalized spacial score (nSPS) is 40.3. The Morgan fingerprint density at radius 3 is 2.19 bits per heavy atom. The minimum atomic E-state index is -1.81. The van der Waals surface area contributed by atoms with Crippen molar-refractivity contribution in [2.45, 2.75) is 148 Å². The second-order valence-electron chi connectivity index (χ2n) is 15.9. The number of aliphatic hydroxyl groups is 3. The Kier molecular flexibility index (Phi) is 15.2. The van der Waals surface area contributed by atoms with Gasteiger partial charge in [-0.15, -0.1) is 0 Å². The van der Waals surface area contributed by atoms with E-state index in [1.54, 1.807) is 65.0 Å². The van der Waals surface area contributed by atoms with Crippen LogP contribution in [-0.4, -0.2) is 137 Å². The average Bonchev–Trinajstić information content (AvgIpc) is 3.06. The van der Waals surface area contributed by atoms with Crippen molar-refractivity contribution in [3.63, 3.8) is 0 Å². The van der Waals surface area contributed by atoms with Crippen LogP contribution in [0.3, 0.4) is 0 Å². The number of esters is 3. The Morgan fingerprint density at radius 2 is 1.63 bits per heavy atom. The van der Waals surface area contributed by atoms with E-state index in [-0.39, 0.29) is 30.9 Å². The minimum absolute atomic E-state index is 0.181. The lowest BCUT2D eigenvalue weighted by molar-refractivity contribution is -0.298. The molecular weight excluding hydrogens is 672 g/mol. The summed E-state index contributed by atoms with van der Waals surface area (Å²) in [5.41, 5.74) is -3.08. The summed E-state index contributed by atoms with van der Waals surface area (Å²) in [6, 6.07) is 7.74. The topological polar surface area (TPSA) is 165 Å². The van der Waals surface area contributed by atoms with Gasteiger partial charge in [0.2, 0.25) is 0 Å². The van der Waals surface area contributed by atoms with Gasteiger partial charge in [0.05, 0.1) is 35.3 Å². The van der Waals surface area contributed by atoms with Gasteiger partial charge in [-0.2, -0.15) is 0 Å². The van der Waals surface area contributed by atoms with Crippen LogP contribution in [0.5, 0.6) is 0 Å². The molecule has 0 bridgehead atoms. The molecular formula is C39H64N2O11. The van der Waals surface area contributed by atoms with Crippen molar-refractivity contribution in [2.24, 2.45) is 17.8 Å². The molecule has 2 aliphatic rings. The van der Waals surface area contributed by atoms with Gasteiger partial charge >= 0.3 is 17.9 Å². The van der Waals surface area contributed by atoms with Gasteiger partial charge in [-0.1, -0.05) is 39.0 Å². The molecule has 13 nitrogen and oxygen atoms in total. The van der Waals surface area contributed by atoms with E-state index in [0.29, 0.717) is 18.5 Å². The number of hydrogen-bond acceptors (Lipinski definition) is 13. The molecule has 2 saturated heterocycles. The molecule has 52 heavy (non-hydrogen) atoms. The summed E-state index contributed by atoms with van der Waals surface area (Å²) in [5.74, 6) is -4.08. The molecule has 0 radical (unpaired) electrons. The zero-order valence-corrected chi connectivity index (χ0v) is 33.1. The van der Waals surface area contributed by atoms with Crippen LogP contribution in [0.15, 0.2) is 30.3 Å². The highest BCUT2D eigenvalue weighted by Gasteiger charge is 2.51. The van der Waals surface area contributed by atoms with Crippen LogP contribution in [0.4, 0.5) is 0 Å². The minimum Gasteiger partial charge on any atom is -0.461 e. The van der Waals surface area contributed by atoms with Crippen molar-refractivity contribution in [3.05, 3.63) is 35.9 Å². The van der Waals surface area contributed by atoms with Crippen molar-refractivity contribution < 1.29 is 53.4 Å². The number of carbonyl (C=O) groups excluding carboxylic acids is 3. The fourth-order valence-corrected chi connectivity index (χ4v) is 8.00. The molecule has 0 spiro atoms. The number of carbonyl (C=O) groups is 3. The molecule has 3 rings (SSSR count). The van der Waals surface area contributed by atoms with Gasteiger partial charge in [0, 0.05) is 25.4 Å². The molecule has 0 saturated carbocycles. The zero-order chi connectivity index (χ0) is 39.3. The Bertz CT molecular complexity index is 1320. The molecule has 296 valence electrons. The molecule has 0 amide bonds. The summed E-state index contributed by atoms with van der Waals surface area (Å²) in [4.78, 5) is 43.8. The SMILES string of the molecule is CC[C@H]1OC(=O)[C@H](C)[C@@H](OC(C)=O)[C@H](C)[C@@H](O[C@@H]2O[C@H](C)C[C@H](N(C)C)[C@H]2OC(=O)c2ccccc2)[C@](C)(O)C[C@@H](C)CN(C)[C@H](C)[C@@H](O)[C@]1(C)O. The lowest BCUT2D eigenvalue weighted by atomic mass is 9.77. The van der Waals surface area contributed by atoms with E-state index in [1.165, 1.54) is 13.8 Å². The van der Waals surface area contributed by atoms with Gasteiger partial charge in [-0.25, -0.2) is 4.79 Å². The van der Waals surface area contributed by atoms with Crippen molar-refractivity contribution in [3.8, 4) is 0 Å². The van der Waals surface area contributed by atoms with Crippen LogP contribution in [0.25, 0.3) is 0 Å². The molecule has 1 aromatic carbocycles. The van der Waals surface area contributed by atoms with Crippen LogP contribution in [0.1, 0.15) is 91.9 Å². The van der Waals surface area contributed by atoms with Crippen molar-refractivity contribution in [1.82, 2.24) is 9.80 Å². The smallest absolute Gasteiger partial charge is 0.338 e. The third-order valence-corrected chi connectivity index (χ3v) is 11.0. The molecule has 0 aliphatic carbocycles. The first-order valence-corrected chi connectivity index (χ1v) is 18.6. The van der Waals surface area contributed by atoms with Gasteiger partial charge in [0.15, 0.2) is 12.4 Å². The maximum absolute atomic E-state index is 13.9. The number of benzene rings is 1. The molecule has 2 aliphatic heterocycles. The Morgan fingerprint density at radius 1 is 1.02 bits per heavy atom. The maximum Gasteiger partial charge on any atom is 0.338 e. The van der Waals surface area contributed by atoms with E-state index in [0.717, 1.165) is 0 Å². The number of aliphatic hydroxyl groups excluding tert-OH is 1. The van der Waals surface area contributed by atoms with E-state index < -0.39 is 83.8 Å². The fourth-order valence-electron chi connectivity index (χ4n) is 8.00. The molecule has 3 N–H and O–H groups in total. The number of hydrogen-bond donors (Lipinski definition) is 3. The van der Waals surface area contributed by atoms with Crippen LogP contribution in [0.2, 0.25) is 0 Å². The second-order valence-corrected chi connectivity index (χ2v) is 15.9. The zero-order valence-electron chi connectivity index (χ0n) is 33.1. The third kappa shape index (κ3) is 10.5. The summed E-state index contributed by atoms with van der Waals surface area (Å²) >= 11 is 0. The van der Waals surface area contributed by atoms with Crippen molar-refractivity contribution in [1.29, 1.82) is 0 Å². The van der Waals surface area contributed by atoms with E-state index >= 15 is 0 Å². The first-order chi connectivity index (χ1) is 24.1. The first-order valence-electron chi connectivity index (χ1n) is 18.6. The molecule has 2 heterocycles. The highest BCUT2D eigenvalue weighted by Crippen LogP contribution is 2.38. The number of nitrogens with zero attached hydrogens (tertiary/aromatic N) is 2. The monoisotopic (exact) mass is 736 g/mol. The largest absolute Gasteiger partial charge is 0.461 e. The van der Waals surface area contributed by atoms with Gasteiger partial charge < -0.3 is 48.8 Å². The molecule has 13 heteroatoms. The van der Waals surface area contributed by atoms with Crippen LogP contribution in [0, 0.1) is 17.8 Å². The second kappa shape index (κ2) is 18.1. The Hall–Kier alpha value is -2.65. The quantitative estimate of drug-likeness (QED) is 0.276. The molecule has 14 atom stereocenters. The summed E-state index contributed by atoms with van der Waals surface area (Å²) in [5, 5.41) is 35.4. The molecule has 1 aromatic rings. The number of cyclic esters (lactones) is 1. The average molecular weight is 737 g/mol. The Balaban J connectivity index is 2.15. The summed E-state index contributed by atoms with van der Waals surface area (Å²) in [6.45, 7) is 15.4. The lowest BCUT2D eigenvalue weighted by Gasteiger charge is -2.47. The van der Waals surface area contributed by atoms with Crippen LogP contribution in [-0.2, 0) is 33.3 Å².